The van der Waals surface area contributed by atoms with E-state index >= 15 is 0 Å². The topological polar surface area (TPSA) is 83.6 Å². The van der Waals surface area contributed by atoms with Crippen LogP contribution < -0.4 is 5.73 Å². The predicted octanol–water partition coefficient (Wildman–Crippen LogP) is 0.641. The second kappa shape index (κ2) is 9.18. The van der Waals surface area contributed by atoms with E-state index in [9.17, 15) is 4.79 Å². The standard InChI is InChI=1S/C9H12O.C2H5NO2/c10-8-4-7-9-5-2-1-3-6-9;3-1-2(4)5/h1-3,5-6,10H,4,7-8H2;1,3H2,(H,4,5). The molecule has 0 heterocycles. The minimum absolute atomic E-state index is 0.278. The van der Waals surface area contributed by atoms with Gasteiger partial charge in [0.2, 0.25) is 0 Å². The van der Waals surface area contributed by atoms with Gasteiger partial charge in [0, 0.05) is 6.61 Å². The Hall–Kier alpha value is -1.39. The number of benzene rings is 1. The van der Waals surface area contributed by atoms with Crippen LogP contribution >= 0.6 is 0 Å². The van der Waals surface area contributed by atoms with Crippen LogP contribution in [0, 0.1) is 0 Å². The summed E-state index contributed by atoms with van der Waals surface area (Å²) in [5.41, 5.74) is 5.87. The molecule has 0 bridgehead atoms. The van der Waals surface area contributed by atoms with E-state index in [1.54, 1.807) is 0 Å². The highest BCUT2D eigenvalue weighted by Crippen LogP contribution is 2.00. The maximum absolute atomic E-state index is 9.24. The van der Waals surface area contributed by atoms with Crippen molar-refractivity contribution in [3.63, 3.8) is 0 Å². The molecule has 1 aromatic carbocycles. The lowest BCUT2D eigenvalue weighted by Gasteiger charge is -1.96. The number of rotatable bonds is 4. The molecule has 4 heteroatoms. The molecule has 0 aliphatic rings. The fourth-order valence-corrected chi connectivity index (χ4v) is 0.928. The van der Waals surface area contributed by atoms with Crippen molar-refractivity contribution in [3.8, 4) is 0 Å². The van der Waals surface area contributed by atoms with Gasteiger partial charge in [0.15, 0.2) is 0 Å². The molecular formula is C11H17NO3. The SMILES string of the molecule is NCC(=O)O.OCCCc1ccccc1. The first-order valence-electron chi connectivity index (χ1n) is 4.77. The van der Waals surface area contributed by atoms with Gasteiger partial charge in [0.25, 0.3) is 0 Å². The lowest BCUT2D eigenvalue weighted by molar-refractivity contribution is -0.135. The normalized spacial score (nSPS) is 8.93. The molecular weight excluding hydrogens is 194 g/mol. The summed E-state index contributed by atoms with van der Waals surface area (Å²) < 4.78 is 0. The van der Waals surface area contributed by atoms with Crippen LogP contribution in [0.25, 0.3) is 0 Å². The Morgan fingerprint density at radius 1 is 1.27 bits per heavy atom. The molecule has 0 aliphatic heterocycles. The van der Waals surface area contributed by atoms with Gasteiger partial charge in [0.05, 0.1) is 6.54 Å². The van der Waals surface area contributed by atoms with Gasteiger partial charge in [-0.3, -0.25) is 4.79 Å². The molecule has 4 nitrogen and oxygen atoms in total. The van der Waals surface area contributed by atoms with Crippen LogP contribution in [-0.2, 0) is 11.2 Å². The number of carboxylic acid groups (broad SMARTS) is 1. The zero-order chi connectivity index (χ0) is 11.5. The van der Waals surface area contributed by atoms with Crippen LogP contribution in [0.3, 0.4) is 0 Å². The predicted molar refractivity (Wildman–Crippen MR) is 58.5 cm³/mol. The van der Waals surface area contributed by atoms with Crippen molar-refractivity contribution in [3.05, 3.63) is 35.9 Å². The minimum Gasteiger partial charge on any atom is -0.480 e. The molecule has 1 rings (SSSR count). The molecule has 0 saturated carbocycles. The third-order valence-electron chi connectivity index (χ3n) is 1.64. The number of carboxylic acids is 1. The summed E-state index contributed by atoms with van der Waals surface area (Å²) in [7, 11) is 0. The smallest absolute Gasteiger partial charge is 0.317 e. The zero-order valence-electron chi connectivity index (χ0n) is 8.60. The molecule has 15 heavy (non-hydrogen) atoms. The summed E-state index contributed by atoms with van der Waals surface area (Å²) >= 11 is 0. The molecule has 4 N–H and O–H groups in total. The highest BCUT2D eigenvalue weighted by molar-refractivity contribution is 5.68. The minimum atomic E-state index is -0.968. The molecule has 0 radical (unpaired) electrons. The van der Waals surface area contributed by atoms with E-state index in [1.165, 1.54) is 5.56 Å². The molecule has 0 atom stereocenters. The van der Waals surface area contributed by atoms with Crippen molar-refractivity contribution in [1.29, 1.82) is 0 Å². The second-order valence-corrected chi connectivity index (χ2v) is 2.91. The summed E-state index contributed by atoms with van der Waals surface area (Å²) in [6, 6.07) is 10.2. The van der Waals surface area contributed by atoms with Gasteiger partial charge >= 0.3 is 5.97 Å². The van der Waals surface area contributed by atoms with Gasteiger partial charge in [-0.25, -0.2) is 0 Å². The van der Waals surface area contributed by atoms with E-state index in [4.69, 9.17) is 10.2 Å². The van der Waals surface area contributed by atoms with Crippen molar-refractivity contribution in [1.82, 2.24) is 0 Å². The highest BCUT2D eigenvalue weighted by Gasteiger charge is 1.88. The number of aryl methyl sites for hydroxylation is 1. The van der Waals surface area contributed by atoms with Crippen molar-refractivity contribution in [2.45, 2.75) is 12.8 Å². The quantitative estimate of drug-likeness (QED) is 0.682. The molecule has 0 fully saturated rings. The number of hydrogen-bond acceptors (Lipinski definition) is 3. The van der Waals surface area contributed by atoms with Crippen molar-refractivity contribution in [2.24, 2.45) is 5.73 Å². The Kier molecular flexibility index (Phi) is 8.33. The first-order chi connectivity index (χ1) is 7.20. The Morgan fingerprint density at radius 2 is 1.80 bits per heavy atom. The molecule has 0 amide bonds. The first-order valence-corrected chi connectivity index (χ1v) is 4.77. The van der Waals surface area contributed by atoms with Crippen LogP contribution in [0.15, 0.2) is 30.3 Å². The number of hydrogen-bond donors (Lipinski definition) is 3. The Balaban J connectivity index is 0.000000336. The molecule has 0 aromatic heterocycles. The van der Waals surface area contributed by atoms with Crippen LogP contribution in [0.4, 0.5) is 0 Å². The molecule has 0 saturated heterocycles. The Bertz CT molecular complexity index is 262. The van der Waals surface area contributed by atoms with E-state index in [1.807, 2.05) is 18.2 Å². The van der Waals surface area contributed by atoms with Crippen LogP contribution in [0.2, 0.25) is 0 Å². The molecule has 0 unspecified atom stereocenters. The molecule has 1 aromatic rings. The van der Waals surface area contributed by atoms with Crippen LogP contribution in [0.5, 0.6) is 0 Å². The number of carbonyl (C=O) groups is 1. The van der Waals surface area contributed by atoms with Crippen molar-refractivity contribution >= 4 is 5.97 Å². The summed E-state index contributed by atoms with van der Waals surface area (Å²) in [5, 5.41) is 16.1. The van der Waals surface area contributed by atoms with Gasteiger partial charge < -0.3 is 15.9 Å². The number of aliphatic carboxylic acids is 1. The van der Waals surface area contributed by atoms with Crippen molar-refractivity contribution in [2.75, 3.05) is 13.2 Å². The zero-order valence-corrected chi connectivity index (χ0v) is 8.60. The van der Waals surface area contributed by atoms with E-state index in [2.05, 4.69) is 17.9 Å². The van der Waals surface area contributed by atoms with E-state index < -0.39 is 5.97 Å². The first kappa shape index (κ1) is 13.6. The largest absolute Gasteiger partial charge is 0.480 e. The average Bonchev–Trinajstić information content (AvgIpc) is 2.28. The van der Waals surface area contributed by atoms with Crippen LogP contribution in [0.1, 0.15) is 12.0 Å². The number of aliphatic hydroxyl groups is 1. The maximum Gasteiger partial charge on any atom is 0.317 e. The summed E-state index contributed by atoms with van der Waals surface area (Å²) in [4.78, 5) is 9.24. The van der Waals surface area contributed by atoms with Gasteiger partial charge in [0.1, 0.15) is 0 Å². The molecule has 84 valence electrons. The van der Waals surface area contributed by atoms with Gasteiger partial charge in [-0.2, -0.15) is 0 Å². The third-order valence-corrected chi connectivity index (χ3v) is 1.64. The number of aliphatic hydroxyl groups excluding tert-OH is 1. The Morgan fingerprint density at radius 3 is 2.20 bits per heavy atom. The maximum atomic E-state index is 9.24. The van der Waals surface area contributed by atoms with Crippen LogP contribution in [-0.4, -0.2) is 29.3 Å². The summed E-state index contributed by atoms with van der Waals surface area (Å²) in [6.45, 7) is 0.00882. The summed E-state index contributed by atoms with van der Waals surface area (Å²) in [5.74, 6) is -0.968. The van der Waals surface area contributed by atoms with Gasteiger partial charge in [-0.1, -0.05) is 30.3 Å². The van der Waals surface area contributed by atoms with Crippen molar-refractivity contribution < 1.29 is 15.0 Å². The number of nitrogens with two attached hydrogens (primary N) is 1. The lowest BCUT2D eigenvalue weighted by Crippen LogP contribution is -2.10. The van der Waals surface area contributed by atoms with Gasteiger partial charge in [-0.15, -0.1) is 0 Å². The third kappa shape index (κ3) is 8.93. The molecule has 0 spiro atoms. The lowest BCUT2D eigenvalue weighted by atomic mass is 10.1. The summed E-state index contributed by atoms with van der Waals surface area (Å²) in [6.07, 6.45) is 1.85. The Labute approximate surface area is 89.4 Å². The van der Waals surface area contributed by atoms with E-state index in [-0.39, 0.29) is 13.2 Å². The second-order valence-electron chi connectivity index (χ2n) is 2.91. The van der Waals surface area contributed by atoms with E-state index in [0.29, 0.717) is 0 Å². The monoisotopic (exact) mass is 211 g/mol. The average molecular weight is 211 g/mol. The van der Waals surface area contributed by atoms with Gasteiger partial charge in [-0.05, 0) is 18.4 Å². The van der Waals surface area contributed by atoms with E-state index in [0.717, 1.165) is 12.8 Å². The fourth-order valence-electron chi connectivity index (χ4n) is 0.928. The molecule has 0 aliphatic carbocycles. The fraction of sp³-hybridized carbons (Fsp3) is 0.364. The highest BCUT2D eigenvalue weighted by atomic mass is 16.4.